The molecule has 0 heterocycles. The molecule has 2 nitrogen and oxygen atoms in total. The van der Waals surface area contributed by atoms with Crippen molar-refractivity contribution in [2.45, 2.75) is 71.1 Å². The van der Waals surface area contributed by atoms with Crippen molar-refractivity contribution in [2.24, 2.45) is 11.1 Å². The van der Waals surface area contributed by atoms with Crippen LogP contribution in [0.1, 0.15) is 64.5 Å². The molecule has 0 spiro atoms. The van der Waals surface area contributed by atoms with Gasteiger partial charge in [0.2, 0.25) is 0 Å². The first-order valence-electron chi connectivity index (χ1n) is 8.08. The van der Waals surface area contributed by atoms with E-state index >= 15 is 0 Å². The van der Waals surface area contributed by atoms with Crippen molar-refractivity contribution in [1.29, 1.82) is 0 Å². The van der Waals surface area contributed by atoms with E-state index < -0.39 is 0 Å². The number of hydrogen-bond acceptors (Lipinski definition) is 2. The number of rotatable bonds is 5. The van der Waals surface area contributed by atoms with E-state index in [0.717, 1.165) is 29.8 Å². The maximum absolute atomic E-state index is 6.39. The third kappa shape index (κ3) is 4.45. The Balaban J connectivity index is 2.10. The van der Waals surface area contributed by atoms with E-state index in [4.69, 9.17) is 22.1 Å². The monoisotopic (exact) mass is 309 g/mol. The molecule has 1 saturated carbocycles. The molecule has 0 bridgehead atoms. The second kappa shape index (κ2) is 7.13. The number of halogens is 1. The van der Waals surface area contributed by atoms with E-state index in [-0.39, 0.29) is 12.1 Å². The van der Waals surface area contributed by atoms with Gasteiger partial charge in [0.05, 0.1) is 12.2 Å². The molecule has 2 unspecified atom stereocenters. The van der Waals surface area contributed by atoms with Gasteiger partial charge in [-0.25, -0.2) is 0 Å². The minimum Gasteiger partial charge on any atom is -0.369 e. The van der Waals surface area contributed by atoms with E-state index in [2.05, 4.69) is 20.8 Å². The van der Waals surface area contributed by atoms with Crippen LogP contribution in [0.15, 0.2) is 24.3 Å². The highest BCUT2D eigenvalue weighted by Gasteiger charge is 2.31. The summed E-state index contributed by atoms with van der Waals surface area (Å²) in [5, 5.41) is 0.752. The van der Waals surface area contributed by atoms with Gasteiger partial charge in [-0.15, -0.1) is 0 Å². The molecule has 118 valence electrons. The fourth-order valence-corrected chi connectivity index (χ4v) is 3.28. The summed E-state index contributed by atoms with van der Waals surface area (Å²) in [7, 11) is 0. The van der Waals surface area contributed by atoms with Crippen LogP contribution in [-0.2, 0) is 4.74 Å². The largest absolute Gasteiger partial charge is 0.369 e. The predicted octanol–water partition coefficient (Wildman–Crippen LogP) is 5.10. The van der Waals surface area contributed by atoms with Crippen molar-refractivity contribution in [3.63, 3.8) is 0 Å². The second-order valence-corrected chi connectivity index (χ2v) is 7.42. The minimum absolute atomic E-state index is 0.0140. The lowest BCUT2D eigenvalue weighted by Crippen LogP contribution is -2.35. The predicted molar refractivity (Wildman–Crippen MR) is 89.6 cm³/mol. The molecular weight excluding hydrogens is 282 g/mol. The van der Waals surface area contributed by atoms with Crippen LogP contribution in [0.5, 0.6) is 0 Å². The number of benzene rings is 1. The fraction of sp³-hybridized carbons (Fsp3) is 0.667. The minimum atomic E-state index is -0.102. The van der Waals surface area contributed by atoms with Gasteiger partial charge in [-0.3, -0.25) is 0 Å². The zero-order valence-electron chi connectivity index (χ0n) is 13.4. The van der Waals surface area contributed by atoms with Crippen LogP contribution in [0.3, 0.4) is 0 Å². The quantitative estimate of drug-likeness (QED) is 0.821. The van der Waals surface area contributed by atoms with E-state index in [1.54, 1.807) is 0 Å². The Kier molecular flexibility index (Phi) is 5.70. The average Bonchev–Trinajstić information content (AvgIpc) is 2.46. The van der Waals surface area contributed by atoms with Crippen LogP contribution >= 0.6 is 11.6 Å². The first-order chi connectivity index (χ1) is 9.93. The molecule has 1 aliphatic carbocycles. The molecule has 3 heteroatoms. The molecule has 1 aromatic carbocycles. The normalized spacial score (nSPS) is 22.0. The van der Waals surface area contributed by atoms with Crippen LogP contribution in [-0.4, -0.2) is 12.1 Å². The lowest BCUT2D eigenvalue weighted by molar-refractivity contribution is -0.0574. The van der Waals surface area contributed by atoms with Crippen molar-refractivity contribution < 1.29 is 4.74 Å². The van der Waals surface area contributed by atoms with Crippen LogP contribution in [0.4, 0.5) is 0 Å². The summed E-state index contributed by atoms with van der Waals surface area (Å²) in [6.45, 7) is 6.78. The molecule has 1 aliphatic rings. The van der Waals surface area contributed by atoms with Gasteiger partial charge < -0.3 is 10.5 Å². The number of hydrogen-bond donors (Lipinski definition) is 1. The van der Waals surface area contributed by atoms with Crippen LogP contribution < -0.4 is 5.73 Å². The average molecular weight is 310 g/mol. The molecule has 0 amide bonds. The van der Waals surface area contributed by atoms with Crippen molar-refractivity contribution in [1.82, 2.24) is 0 Å². The standard InChI is InChI=1S/C18H28ClNO/c1-4-16(20)17(14-7-5-6-8-15(14)19)21-13-9-11-18(2,3)12-10-13/h5-8,13,16-17H,4,9-12,20H2,1-3H3. The Bertz CT molecular complexity index is 450. The Morgan fingerprint density at radius 2 is 1.90 bits per heavy atom. The van der Waals surface area contributed by atoms with E-state index in [0.29, 0.717) is 11.5 Å². The summed E-state index contributed by atoms with van der Waals surface area (Å²) >= 11 is 6.35. The topological polar surface area (TPSA) is 35.2 Å². The van der Waals surface area contributed by atoms with Gasteiger partial charge in [-0.1, -0.05) is 50.6 Å². The Morgan fingerprint density at radius 3 is 2.48 bits per heavy atom. The third-order valence-corrected chi connectivity index (χ3v) is 5.04. The highest BCUT2D eigenvalue weighted by molar-refractivity contribution is 6.31. The summed E-state index contributed by atoms with van der Waals surface area (Å²) in [5.41, 5.74) is 7.78. The van der Waals surface area contributed by atoms with Gasteiger partial charge >= 0.3 is 0 Å². The first kappa shape index (κ1) is 16.8. The maximum atomic E-state index is 6.39. The molecule has 21 heavy (non-hydrogen) atoms. The highest BCUT2D eigenvalue weighted by Crippen LogP contribution is 2.39. The lowest BCUT2D eigenvalue weighted by Gasteiger charge is -2.37. The lowest BCUT2D eigenvalue weighted by atomic mass is 9.76. The molecule has 2 atom stereocenters. The summed E-state index contributed by atoms with van der Waals surface area (Å²) in [6.07, 6.45) is 5.75. The molecule has 2 rings (SSSR count). The van der Waals surface area contributed by atoms with Crippen LogP contribution in [0.2, 0.25) is 5.02 Å². The summed E-state index contributed by atoms with van der Waals surface area (Å²) in [5.74, 6) is 0. The molecule has 2 N–H and O–H groups in total. The van der Waals surface area contributed by atoms with Gasteiger partial charge in [-0.2, -0.15) is 0 Å². The van der Waals surface area contributed by atoms with E-state index in [9.17, 15) is 0 Å². The number of nitrogens with two attached hydrogens (primary N) is 1. The third-order valence-electron chi connectivity index (χ3n) is 4.70. The van der Waals surface area contributed by atoms with Gasteiger partial charge in [-0.05, 0) is 43.6 Å². The zero-order valence-corrected chi connectivity index (χ0v) is 14.2. The van der Waals surface area contributed by atoms with Crippen molar-refractivity contribution >= 4 is 11.6 Å². The van der Waals surface area contributed by atoms with Crippen LogP contribution in [0, 0.1) is 5.41 Å². The zero-order chi connectivity index (χ0) is 15.5. The van der Waals surface area contributed by atoms with Crippen molar-refractivity contribution in [3.05, 3.63) is 34.9 Å². The molecule has 0 aromatic heterocycles. The molecule has 1 fully saturated rings. The first-order valence-corrected chi connectivity index (χ1v) is 8.46. The highest BCUT2D eigenvalue weighted by atomic mass is 35.5. The van der Waals surface area contributed by atoms with Crippen molar-refractivity contribution in [3.8, 4) is 0 Å². The van der Waals surface area contributed by atoms with Crippen molar-refractivity contribution in [2.75, 3.05) is 0 Å². The molecular formula is C18H28ClNO. The Labute approximate surface area is 134 Å². The Morgan fingerprint density at radius 1 is 1.29 bits per heavy atom. The van der Waals surface area contributed by atoms with Gasteiger partial charge in [0.1, 0.15) is 0 Å². The molecule has 0 saturated heterocycles. The summed E-state index contributed by atoms with van der Waals surface area (Å²) in [6, 6.07) is 7.89. The smallest absolute Gasteiger partial charge is 0.0993 e. The van der Waals surface area contributed by atoms with Gasteiger partial charge in [0.25, 0.3) is 0 Å². The molecule has 1 aromatic rings. The van der Waals surface area contributed by atoms with Crippen LogP contribution in [0.25, 0.3) is 0 Å². The second-order valence-electron chi connectivity index (χ2n) is 7.01. The van der Waals surface area contributed by atoms with E-state index in [1.807, 2.05) is 24.3 Å². The summed E-state index contributed by atoms with van der Waals surface area (Å²) < 4.78 is 6.39. The fourth-order valence-electron chi connectivity index (χ4n) is 3.04. The van der Waals surface area contributed by atoms with E-state index in [1.165, 1.54) is 12.8 Å². The SMILES string of the molecule is CCC(N)C(OC1CCC(C)(C)CC1)c1ccccc1Cl. The summed E-state index contributed by atoms with van der Waals surface area (Å²) in [4.78, 5) is 0. The molecule has 0 radical (unpaired) electrons. The van der Waals surface area contributed by atoms with Gasteiger partial charge in [0.15, 0.2) is 0 Å². The maximum Gasteiger partial charge on any atom is 0.0993 e. The number of ether oxygens (including phenoxy) is 1. The van der Waals surface area contributed by atoms with Gasteiger partial charge in [0, 0.05) is 16.6 Å². The molecule has 0 aliphatic heterocycles. The Hall–Kier alpha value is -0.570.